The molecule has 1 rings (SSSR count). The van der Waals surface area contributed by atoms with Gasteiger partial charge in [0.15, 0.2) is 17.8 Å². The van der Waals surface area contributed by atoms with Crippen LogP contribution in [-0.2, 0) is 9.47 Å². The fourth-order valence-corrected chi connectivity index (χ4v) is 1.63. The Kier molecular flexibility index (Phi) is 7.07. The molecular formula is C14H22O5. The quantitative estimate of drug-likeness (QED) is 0.645. The minimum Gasteiger partial charge on any atom is -0.493 e. The lowest BCUT2D eigenvalue weighted by molar-refractivity contribution is -0.152. The van der Waals surface area contributed by atoms with Crippen LogP contribution in [0.4, 0.5) is 0 Å². The Morgan fingerprint density at radius 2 is 1.47 bits per heavy atom. The van der Waals surface area contributed by atoms with Gasteiger partial charge < -0.3 is 23.7 Å². The Morgan fingerprint density at radius 1 is 0.947 bits per heavy atom. The van der Waals surface area contributed by atoms with E-state index in [1.54, 1.807) is 14.2 Å². The maximum absolute atomic E-state index is 5.72. The molecule has 0 unspecified atom stereocenters. The van der Waals surface area contributed by atoms with Crippen LogP contribution in [0.5, 0.6) is 17.2 Å². The van der Waals surface area contributed by atoms with E-state index in [9.17, 15) is 0 Å². The van der Waals surface area contributed by atoms with Crippen LogP contribution in [0, 0.1) is 0 Å². The normalized spacial score (nSPS) is 10.6. The average Bonchev–Trinajstić information content (AvgIpc) is 2.44. The van der Waals surface area contributed by atoms with Gasteiger partial charge in [-0.1, -0.05) is 6.07 Å². The number of para-hydroxylation sites is 1. The van der Waals surface area contributed by atoms with Crippen LogP contribution >= 0.6 is 0 Å². The Balaban J connectivity index is 2.74. The van der Waals surface area contributed by atoms with Crippen molar-refractivity contribution < 1.29 is 23.7 Å². The number of hydrogen-bond acceptors (Lipinski definition) is 5. The van der Waals surface area contributed by atoms with Gasteiger partial charge in [0.25, 0.3) is 0 Å². The molecule has 5 heteroatoms. The fraction of sp³-hybridized carbons (Fsp3) is 0.571. The molecule has 0 aliphatic rings. The molecule has 19 heavy (non-hydrogen) atoms. The lowest BCUT2D eigenvalue weighted by Crippen LogP contribution is -2.25. The lowest BCUT2D eigenvalue weighted by atomic mass is 10.3. The highest BCUT2D eigenvalue weighted by Crippen LogP contribution is 2.36. The van der Waals surface area contributed by atoms with Crippen LogP contribution in [0.2, 0.25) is 0 Å². The molecule has 0 aromatic heterocycles. The standard InChI is InChI=1S/C14H22O5/c1-5-17-13(18-6-2)10-19-14-11(15-3)8-7-9-12(14)16-4/h7-9,13H,5-6,10H2,1-4H3. The molecule has 0 aliphatic carbocycles. The summed E-state index contributed by atoms with van der Waals surface area (Å²) in [6.45, 7) is 5.23. The van der Waals surface area contributed by atoms with E-state index in [1.165, 1.54) is 0 Å². The molecule has 0 aliphatic heterocycles. The van der Waals surface area contributed by atoms with E-state index in [2.05, 4.69) is 0 Å². The zero-order valence-corrected chi connectivity index (χ0v) is 12.0. The van der Waals surface area contributed by atoms with E-state index >= 15 is 0 Å². The maximum Gasteiger partial charge on any atom is 0.203 e. The third-order valence-electron chi connectivity index (χ3n) is 2.45. The summed E-state index contributed by atoms with van der Waals surface area (Å²) >= 11 is 0. The number of methoxy groups -OCH3 is 2. The predicted octanol–water partition coefficient (Wildman–Crippen LogP) is 2.48. The summed E-state index contributed by atoms with van der Waals surface area (Å²) in [5, 5.41) is 0. The van der Waals surface area contributed by atoms with Crippen LogP contribution in [0.1, 0.15) is 13.8 Å². The van der Waals surface area contributed by atoms with E-state index in [4.69, 9.17) is 23.7 Å². The average molecular weight is 270 g/mol. The molecule has 0 fully saturated rings. The molecule has 1 aromatic rings. The van der Waals surface area contributed by atoms with Crippen LogP contribution in [0.15, 0.2) is 18.2 Å². The van der Waals surface area contributed by atoms with Crippen LogP contribution in [-0.4, -0.2) is 40.3 Å². The number of benzene rings is 1. The van der Waals surface area contributed by atoms with E-state index in [-0.39, 0.29) is 6.61 Å². The van der Waals surface area contributed by atoms with Crippen molar-refractivity contribution in [3.05, 3.63) is 18.2 Å². The summed E-state index contributed by atoms with van der Waals surface area (Å²) in [4.78, 5) is 0. The molecule has 0 bridgehead atoms. The summed E-state index contributed by atoms with van der Waals surface area (Å²) in [6, 6.07) is 5.47. The highest BCUT2D eigenvalue weighted by atomic mass is 16.7. The van der Waals surface area contributed by atoms with Crippen molar-refractivity contribution in [3.63, 3.8) is 0 Å². The first-order valence-corrected chi connectivity index (χ1v) is 6.33. The molecule has 5 nitrogen and oxygen atoms in total. The first kappa shape index (κ1) is 15.6. The summed E-state index contributed by atoms with van der Waals surface area (Å²) in [5.74, 6) is 1.79. The second-order valence-corrected chi connectivity index (χ2v) is 3.64. The number of rotatable bonds is 9. The summed E-state index contributed by atoms with van der Waals surface area (Å²) in [7, 11) is 3.18. The smallest absolute Gasteiger partial charge is 0.203 e. The molecule has 0 heterocycles. The lowest BCUT2D eigenvalue weighted by Gasteiger charge is -2.19. The number of ether oxygens (including phenoxy) is 5. The van der Waals surface area contributed by atoms with E-state index < -0.39 is 6.29 Å². The second kappa shape index (κ2) is 8.61. The largest absolute Gasteiger partial charge is 0.493 e. The van der Waals surface area contributed by atoms with E-state index in [1.807, 2.05) is 32.0 Å². The molecule has 0 radical (unpaired) electrons. The van der Waals surface area contributed by atoms with Gasteiger partial charge in [-0.25, -0.2) is 0 Å². The first-order valence-electron chi connectivity index (χ1n) is 6.33. The molecular weight excluding hydrogens is 248 g/mol. The van der Waals surface area contributed by atoms with Crippen molar-refractivity contribution in [2.24, 2.45) is 0 Å². The van der Waals surface area contributed by atoms with Gasteiger partial charge >= 0.3 is 0 Å². The van der Waals surface area contributed by atoms with E-state index in [0.717, 1.165) is 0 Å². The van der Waals surface area contributed by atoms with Crippen molar-refractivity contribution in [3.8, 4) is 17.2 Å². The first-order chi connectivity index (χ1) is 9.26. The Hall–Kier alpha value is -1.46. The van der Waals surface area contributed by atoms with Gasteiger partial charge in [-0.05, 0) is 26.0 Å². The summed E-state index contributed by atoms with van der Waals surface area (Å²) < 4.78 is 27.1. The Labute approximate surface area is 114 Å². The maximum atomic E-state index is 5.72. The fourth-order valence-electron chi connectivity index (χ4n) is 1.63. The minimum atomic E-state index is -0.399. The monoisotopic (exact) mass is 270 g/mol. The third kappa shape index (κ3) is 4.61. The van der Waals surface area contributed by atoms with Crippen molar-refractivity contribution in [1.82, 2.24) is 0 Å². The van der Waals surface area contributed by atoms with Crippen molar-refractivity contribution in [2.75, 3.05) is 34.0 Å². The highest BCUT2D eigenvalue weighted by Gasteiger charge is 2.15. The van der Waals surface area contributed by atoms with Gasteiger partial charge in [0.2, 0.25) is 5.75 Å². The Morgan fingerprint density at radius 3 is 1.89 bits per heavy atom. The molecule has 0 saturated carbocycles. The predicted molar refractivity (Wildman–Crippen MR) is 72.1 cm³/mol. The van der Waals surface area contributed by atoms with Gasteiger partial charge in [0.1, 0.15) is 6.61 Å². The topological polar surface area (TPSA) is 46.2 Å². The van der Waals surface area contributed by atoms with Crippen molar-refractivity contribution in [1.29, 1.82) is 0 Å². The summed E-state index contributed by atoms with van der Waals surface area (Å²) in [5.41, 5.74) is 0. The molecule has 0 amide bonds. The molecule has 0 saturated heterocycles. The third-order valence-corrected chi connectivity index (χ3v) is 2.45. The minimum absolute atomic E-state index is 0.276. The molecule has 108 valence electrons. The van der Waals surface area contributed by atoms with Gasteiger partial charge in [0.05, 0.1) is 14.2 Å². The highest BCUT2D eigenvalue weighted by molar-refractivity contribution is 5.51. The van der Waals surface area contributed by atoms with Gasteiger partial charge in [0, 0.05) is 13.2 Å². The zero-order valence-electron chi connectivity index (χ0n) is 12.0. The van der Waals surface area contributed by atoms with Crippen LogP contribution < -0.4 is 14.2 Å². The molecule has 0 N–H and O–H groups in total. The molecule has 0 atom stereocenters. The van der Waals surface area contributed by atoms with Gasteiger partial charge in [-0.15, -0.1) is 0 Å². The summed E-state index contributed by atoms with van der Waals surface area (Å²) in [6.07, 6.45) is -0.399. The molecule has 0 spiro atoms. The van der Waals surface area contributed by atoms with Crippen molar-refractivity contribution >= 4 is 0 Å². The van der Waals surface area contributed by atoms with Gasteiger partial charge in [-0.2, -0.15) is 0 Å². The Bertz CT molecular complexity index is 339. The second-order valence-electron chi connectivity index (χ2n) is 3.64. The van der Waals surface area contributed by atoms with Gasteiger partial charge in [-0.3, -0.25) is 0 Å². The van der Waals surface area contributed by atoms with Crippen molar-refractivity contribution in [2.45, 2.75) is 20.1 Å². The molecule has 1 aromatic carbocycles. The number of hydrogen-bond donors (Lipinski definition) is 0. The van der Waals surface area contributed by atoms with Crippen LogP contribution in [0.25, 0.3) is 0 Å². The SMILES string of the molecule is CCOC(COc1c(OC)cccc1OC)OCC. The van der Waals surface area contributed by atoms with Crippen LogP contribution in [0.3, 0.4) is 0 Å². The van der Waals surface area contributed by atoms with E-state index in [0.29, 0.717) is 30.5 Å². The zero-order chi connectivity index (χ0) is 14.1.